The molecule has 0 heterocycles. The van der Waals surface area contributed by atoms with E-state index in [1.165, 1.54) is 0 Å². The highest BCUT2D eigenvalue weighted by Gasteiger charge is 2.20. The molecule has 22 heavy (non-hydrogen) atoms. The number of benzene rings is 2. The van der Waals surface area contributed by atoms with Gasteiger partial charge in [-0.1, -0.05) is 6.07 Å². The third-order valence-electron chi connectivity index (χ3n) is 3.41. The lowest BCUT2D eigenvalue weighted by atomic mass is 10.1. The molecular weight excluding hydrogens is 298 g/mol. The van der Waals surface area contributed by atoms with Crippen molar-refractivity contribution in [3.63, 3.8) is 0 Å². The average molecular weight is 319 g/mol. The Bertz CT molecular complexity index is 767. The Labute approximate surface area is 132 Å². The zero-order valence-corrected chi connectivity index (χ0v) is 14.3. The van der Waals surface area contributed by atoms with Crippen LogP contribution in [0.15, 0.2) is 35.2 Å². The number of hydrogen-bond donors (Lipinski definition) is 1. The fourth-order valence-corrected chi connectivity index (χ4v) is 4.19. The van der Waals surface area contributed by atoms with E-state index in [0.29, 0.717) is 27.5 Å². The predicted octanol–water partition coefficient (Wildman–Crippen LogP) is 3.73. The van der Waals surface area contributed by atoms with E-state index in [1.54, 1.807) is 33.1 Å². The van der Waals surface area contributed by atoms with E-state index in [4.69, 9.17) is 4.74 Å². The number of sulfonamides is 1. The monoisotopic (exact) mass is 319 g/mol. The molecule has 118 valence electrons. The van der Waals surface area contributed by atoms with Gasteiger partial charge < -0.3 is 4.74 Å². The topological polar surface area (TPSA) is 55.4 Å². The Morgan fingerprint density at radius 1 is 0.864 bits per heavy atom. The first-order valence-electron chi connectivity index (χ1n) is 6.99. The van der Waals surface area contributed by atoms with Crippen molar-refractivity contribution in [2.24, 2.45) is 0 Å². The van der Waals surface area contributed by atoms with Gasteiger partial charge >= 0.3 is 0 Å². The minimum atomic E-state index is -3.64. The average Bonchev–Trinajstić information content (AvgIpc) is 2.35. The van der Waals surface area contributed by atoms with Crippen LogP contribution in [0.4, 0.5) is 5.69 Å². The minimum absolute atomic E-state index is 0.299. The highest BCUT2D eigenvalue weighted by atomic mass is 32.2. The van der Waals surface area contributed by atoms with E-state index in [0.717, 1.165) is 11.1 Å². The molecular formula is C17H21NO3S. The summed E-state index contributed by atoms with van der Waals surface area (Å²) in [6.45, 7) is 7.42. The van der Waals surface area contributed by atoms with Crippen molar-refractivity contribution in [3.05, 3.63) is 52.6 Å². The molecule has 0 saturated carbocycles. The smallest absolute Gasteiger partial charge is 0.262 e. The Morgan fingerprint density at radius 2 is 1.36 bits per heavy atom. The zero-order valence-electron chi connectivity index (χ0n) is 13.5. The molecule has 0 aliphatic carbocycles. The summed E-state index contributed by atoms with van der Waals surface area (Å²) in [6, 6.07) is 9.09. The number of nitrogens with one attached hydrogen (secondary N) is 1. The fourth-order valence-electron chi connectivity index (χ4n) is 2.69. The van der Waals surface area contributed by atoms with Crippen LogP contribution in [0.2, 0.25) is 0 Å². The number of ether oxygens (including phenoxy) is 1. The molecule has 0 unspecified atom stereocenters. The minimum Gasteiger partial charge on any atom is -0.497 e. The van der Waals surface area contributed by atoms with Crippen molar-refractivity contribution >= 4 is 15.7 Å². The normalized spacial score (nSPS) is 11.3. The second-order valence-electron chi connectivity index (χ2n) is 5.57. The van der Waals surface area contributed by atoms with Crippen LogP contribution in [0.3, 0.4) is 0 Å². The van der Waals surface area contributed by atoms with Crippen molar-refractivity contribution < 1.29 is 13.2 Å². The maximum Gasteiger partial charge on any atom is 0.262 e. The first-order valence-corrected chi connectivity index (χ1v) is 8.47. The molecule has 0 spiro atoms. The molecule has 2 aromatic rings. The van der Waals surface area contributed by atoms with Gasteiger partial charge in [-0.25, -0.2) is 8.42 Å². The molecule has 1 N–H and O–H groups in total. The third-order valence-corrected chi connectivity index (χ3v) is 5.10. The highest BCUT2D eigenvalue weighted by Crippen LogP contribution is 2.27. The molecule has 0 saturated heterocycles. The summed E-state index contributed by atoms with van der Waals surface area (Å²) < 4.78 is 33.3. The van der Waals surface area contributed by atoms with Crippen LogP contribution in [-0.2, 0) is 10.0 Å². The van der Waals surface area contributed by atoms with Crippen LogP contribution >= 0.6 is 0 Å². The van der Waals surface area contributed by atoms with Crippen LogP contribution < -0.4 is 9.46 Å². The first-order chi connectivity index (χ1) is 10.2. The standard InChI is InChI=1S/C17H21NO3S/c1-11-6-12(2)8-15(7-11)18-22(19,20)17-13(3)9-16(21-5)10-14(17)4/h6-10,18H,1-5H3. The molecule has 4 nitrogen and oxygen atoms in total. The number of aryl methyl sites for hydroxylation is 4. The number of methoxy groups -OCH3 is 1. The Morgan fingerprint density at radius 3 is 1.82 bits per heavy atom. The van der Waals surface area contributed by atoms with Crippen molar-refractivity contribution in [2.45, 2.75) is 32.6 Å². The summed E-state index contributed by atoms with van der Waals surface area (Å²) >= 11 is 0. The molecule has 0 fully saturated rings. The highest BCUT2D eigenvalue weighted by molar-refractivity contribution is 7.92. The van der Waals surface area contributed by atoms with Gasteiger partial charge in [-0.2, -0.15) is 0 Å². The largest absolute Gasteiger partial charge is 0.497 e. The van der Waals surface area contributed by atoms with E-state index in [-0.39, 0.29) is 0 Å². The summed E-state index contributed by atoms with van der Waals surface area (Å²) in [4.78, 5) is 0.299. The van der Waals surface area contributed by atoms with E-state index in [1.807, 2.05) is 32.0 Å². The van der Waals surface area contributed by atoms with Gasteiger partial charge in [0.25, 0.3) is 10.0 Å². The molecule has 0 aromatic heterocycles. The van der Waals surface area contributed by atoms with Crippen molar-refractivity contribution in [1.82, 2.24) is 0 Å². The maximum absolute atomic E-state index is 12.7. The number of rotatable bonds is 4. The van der Waals surface area contributed by atoms with Gasteiger partial charge in [-0.3, -0.25) is 4.72 Å². The molecule has 0 amide bonds. The SMILES string of the molecule is COc1cc(C)c(S(=O)(=O)Nc2cc(C)cc(C)c2)c(C)c1. The quantitative estimate of drug-likeness (QED) is 0.934. The Kier molecular flexibility index (Phi) is 4.47. The van der Waals surface area contributed by atoms with E-state index >= 15 is 0 Å². The maximum atomic E-state index is 12.7. The molecule has 0 bridgehead atoms. The predicted molar refractivity (Wildman–Crippen MR) is 89.2 cm³/mol. The second kappa shape index (κ2) is 6.01. The van der Waals surface area contributed by atoms with Gasteiger partial charge in [0.1, 0.15) is 5.75 Å². The van der Waals surface area contributed by atoms with E-state index in [9.17, 15) is 8.42 Å². The lowest BCUT2D eigenvalue weighted by Crippen LogP contribution is -2.16. The van der Waals surface area contributed by atoms with Crippen LogP contribution in [0.1, 0.15) is 22.3 Å². The van der Waals surface area contributed by atoms with Gasteiger partial charge in [-0.15, -0.1) is 0 Å². The third kappa shape index (κ3) is 3.42. The van der Waals surface area contributed by atoms with Gasteiger partial charge in [0.15, 0.2) is 0 Å². The molecule has 0 atom stereocenters. The summed E-state index contributed by atoms with van der Waals surface area (Å²) in [5.41, 5.74) is 3.93. The Hall–Kier alpha value is -2.01. The van der Waals surface area contributed by atoms with Crippen molar-refractivity contribution in [2.75, 3.05) is 11.8 Å². The zero-order chi connectivity index (χ0) is 16.5. The van der Waals surface area contributed by atoms with Crippen LogP contribution in [0.25, 0.3) is 0 Å². The van der Waals surface area contributed by atoms with E-state index in [2.05, 4.69) is 4.72 Å². The summed E-state index contributed by atoms with van der Waals surface area (Å²) in [7, 11) is -2.07. The van der Waals surface area contributed by atoms with Crippen molar-refractivity contribution in [3.8, 4) is 5.75 Å². The summed E-state index contributed by atoms with van der Waals surface area (Å²) in [5.74, 6) is 0.653. The van der Waals surface area contributed by atoms with Gasteiger partial charge in [0.2, 0.25) is 0 Å². The molecule has 0 radical (unpaired) electrons. The summed E-state index contributed by atoms with van der Waals surface area (Å²) in [6.07, 6.45) is 0. The number of hydrogen-bond acceptors (Lipinski definition) is 3. The lowest BCUT2D eigenvalue weighted by molar-refractivity contribution is 0.413. The molecule has 0 aliphatic heterocycles. The van der Waals surface area contributed by atoms with Gasteiger partial charge in [-0.05, 0) is 74.2 Å². The van der Waals surface area contributed by atoms with Gasteiger partial charge in [0, 0.05) is 5.69 Å². The van der Waals surface area contributed by atoms with Crippen LogP contribution in [0.5, 0.6) is 5.75 Å². The van der Waals surface area contributed by atoms with Crippen molar-refractivity contribution in [1.29, 1.82) is 0 Å². The summed E-state index contributed by atoms with van der Waals surface area (Å²) in [5, 5.41) is 0. The van der Waals surface area contributed by atoms with Gasteiger partial charge in [0.05, 0.1) is 12.0 Å². The lowest BCUT2D eigenvalue weighted by Gasteiger charge is -2.15. The molecule has 0 aliphatic rings. The van der Waals surface area contributed by atoms with Crippen LogP contribution in [0, 0.1) is 27.7 Å². The molecule has 2 rings (SSSR count). The molecule has 2 aromatic carbocycles. The number of anilines is 1. The van der Waals surface area contributed by atoms with Crippen LogP contribution in [-0.4, -0.2) is 15.5 Å². The van der Waals surface area contributed by atoms with E-state index < -0.39 is 10.0 Å². The second-order valence-corrected chi connectivity index (χ2v) is 7.19. The Balaban J connectivity index is 2.47. The molecule has 5 heteroatoms. The fraction of sp³-hybridized carbons (Fsp3) is 0.294. The first kappa shape index (κ1) is 16.4.